The lowest BCUT2D eigenvalue weighted by Gasteiger charge is -2.10. The van der Waals surface area contributed by atoms with E-state index in [9.17, 15) is 9.59 Å². The second kappa shape index (κ2) is 9.33. The van der Waals surface area contributed by atoms with Crippen molar-refractivity contribution in [3.05, 3.63) is 80.4 Å². The van der Waals surface area contributed by atoms with Crippen LogP contribution in [0.5, 0.6) is 11.6 Å². The number of hydrogen-bond acceptors (Lipinski definition) is 4. The van der Waals surface area contributed by atoms with Crippen molar-refractivity contribution < 1.29 is 14.3 Å². The van der Waals surface area contributed by atoms with Crippen molar-refractivity contribution in [3.8, 4) is 11.6 Å². The summed E-state index contributed by atoms with van der Waals surface area (Å²) in [5, 5.41) is 5.61. The summed E-state index contributed by atoms with van der Waals surface area (Å²) in [7, 11) is 0. The minimum absolute atomic E-state index is 0.0158. The van der Waals surface area contributed by atoms with E-state index in [2.05, 4.69) is 15.6 Å². The first-order valence-electron chi connectivity index (χ1n) is 7.99. The molecule has 10 heteroatoms. The number of anilines is 1. The second-order valence-electron chi connectivity index (χ2n) is 5.57. The Balaban J connectivity index is 1.62. The van der Waals surface area contributed by atoms with E-state index in [-0.39, 0.29) is 26.5 Å². The van der Waals surface area contributed by atoms with E-state index in [4.69, 9.17) is 51.1 Å². The number of imide groups is 1. The number of nitrogens with one attached hydrogen (secondary N) is 2. The fourth-order valence-corrected chi connectivity index (χ4v) is 3.23. The summed E-state index contributed by atoms with van der Waals surface area (Å²) in [5.41, 5.74) is 0.435. The van der Waals surface area contributed by atoms with Crippen LogP contribution in [0.4, 0.5) is 10.5 Å². The highest BCUT2D eigenvalue weighted by molar-refractivity contribution is 6.40. The molecular weight excluding hydrogens is 460 g/mol. The number of rotatable bonds is 4. The van der Waals surface area contributed by atoms with Gasteiger partial charge in [0.05, 0.1) is 20.6 Å². The summed E-state index contributed by atoms with van der Waals surface area (Å²) in [4.78, 5) is 28.3. The van der Waals surface area contributed by atoms with Gasteiger partial charge < -0.3 is 10.1 Å². The molecule has 0 radical (unpaired) electrons. The first kappa shape index (κ1) is 21.2. The quantitative estimate of drug-likeness (QED) is 0.459. The third-order valence-electron chi connectivity index (χ3n) is 3.52. The maximum atomic E-state index is 12.2. The molecule has 0 bridgehead atoms. The predicted molar refractivity (Wildman–Crippen MR) is 114 cm³/mol. The molecule has 3 rings (SSSR count). The van der Waals surface area contributed by atoms with Gasteiger partial charge in [-0.25, -0.2) is 9.78 Å². The number of carbonyl (C=O) groups excluding carboxylic acids is 2. The van der Waals surface area contributed by atoms with Gasteiger partial charge in [-0.15, -0.1) is 0 Å². The van der Waals surface area contributed by atoms with Gasteiger partial charge in [0.15, 0.2) is 0 Å². The zero-order chi connectivity index (χ0) is 21.0. The Morgan fingerprint density at radius 2 is 1.55 bits per heavy atom. The number of ether oxygens (including phenoxy) is 1. The number of amides is 3. The summed E-state index contributed by atoms with van der Waals surface area (Å²) < 4.78 is 5.56. The molecule has 2 aromatic carbocycles. The van der Waals surface area contributed by atoms with Gasteiger partial charge in [-0.05, 0) is 42.5 Å². The van der Waals surface area contributed by atoms with Gasteiger partial charge in [-0.3, -0.25) is 10.1 Å². The highest BCUT2D eigenvalue weighted by atomic mass is 35.5. The summed E-state index contributed by atoms with van der Waals surface area (Å²) in [6.07, 6.45) is 1.41. The third-order valence-corrected chi connectivity index (χ3v) is 4.63. The lowest BCUT2D eigenvalue weighted by molar-refractivity contribution is 0.0967. The van der Waals surface area contributed by atoms with Gasteiger partial charge in [-0.1, -0.05) is 52.5 Å². The largest absolute Gasteiger partial charge is 0.438 e. The highest BCUT2D eigenvalue weighted by Crippen LogP contribution is 2.29. The topological polar surface area (TPSA) is 80.3 Å². The lowest BCUT2D eigenvalue weighted by Crippen LogP contribution is -2.34. The first-order valence-corrected chi connectivity index (χ1v) is 9.50. The number of carbonyl (C=O) groups is 2. The van der Waals surface area contributed by atoms with Gasteiger partial charge in [-0.2, -0.15) is 0 Å². The predicted octanol–water partition coefficient (Wildman–Crippen LogP) is 6.45. The van der Waals surface area contributed by atoms with Crippen LogP contribution in [0, 0.1) is 0 Å². The smallest absolute Gasteiger partial charge is 0.326 e. The molecule has 3 aromatic rings. The normalized spacial score (nSPS) is 10.3. The van der Waals surface area contributed by atoms with Crippen LogP contribution in [0.3, 0.4) is 0 Å². The Hall–Kier alpha value is -2.51. The Morgan fingerprint density at radius 1 is 0.897 bits per heavy atom. The number of urea groups is 1. The molecule has 0 unspecified atom stereocenters. The molecule has 2 N–H and O–H groups in total. The molecule has 0 aliphatic carbocycles. The molecule has 0 aliphatic heterocycles. The maximum absolute atomic E-state index is 12.2. The Bertz CT molecular complexity index is 1050. The molecule has 6 nitrogen and oxygen atoms in total. The van der Waals surface area contributed by atoms with Crippen LogP contribution in [-0.4, -0.2) is 16.9 Å². The van der Waals surface area contributed by atoms with E-state index in [1.807, 2.05) is 0 Å². The van der Waals surface area contributed by atoms with Crippen LogP contribution in [0.2, 0.25) is 20.1 Å². The van der Waals surface area contributed by atoms with Gasteiger partial charge >= 0.3 is 6.03 Å². The summed E-state index contributed by atoms with van der Waals surface area (Å²) in [6, 6.07) is 11.7. The van der Waals surface area contributed by atoms with Crippen LogP contribution in [0.25, 0.3) is 0 Å². The number of nitrogens with zero attached hydrogens (tertiary/aromatic N) is 1. The van der Waals surface area contributed by atoms with Crippen molar-refractivity contribution in [1.29, 1.82) is 0 Å². The Labute approximate surface area is 185 Å². The molecule has 1 aromatic heterocycles. The standard InChI is InChI=1S/C19H11Cl4N3O3/c20-10-8-15(23)18(24-9-10)29-12-6-4-11(5-7-12)25-19(28)26-17(27)16-13(21)2-1-3-14(16)22/h1-9H,(H2,25,26,27,28). The number of halogens is 4. The Kier molecular flexibility index (Phi) is 6.82. The van der Waals surface area contributed by atoms with Crippen molar-refractivity contribution in [1.82, 2.24) is 10.3 Å². The Morgan fingerprint density at radius 3 is 2.17 bits per heavy atom. The molecule has 0 atom stereocenters. The van der Waals surface area contributed by atoms with E-state index in [1.165, 1.54) is 24.4 Å². The highest BCUT2D eigenvalue weighted by Gasteiger charge is 2.17. The van der Waals surface area contributed by atoms with E-state index in [0.717, 1.165) is 0 Å². The molecule has 3 amide bonds. The summed E-state index contributed by atoms with van der Waals surface area (Å²) in [6.45, 7) is 0. The molecule has 148 valence electrons. The van der Waals surface area contributed by atoms with Crippen LogP contribution in [0.1, 0.15) is 10.4 Å². The van der Waals surface area contributed by atoms with Gasteiger partial charge in [0.25, 0.3) is 5.91 Å². The molecule has 0 saturated carbocycles. The maximum Gasteiger partial charge on any atom is 0.326 e. The van der Waals surface area contributed by atoms with Crippen LogP contribution < -0.4 is 15.4 Å². The molecule has 0 fully saturated rings. The van der Waals surface area contributed by atoms with Crippen molar-refractivity contribution in [3.63, 3.8) is 0 Å². The molecule has 1 heterocycles. The zero-order valence-corrected chi connectivity index (χ0v) is 17.4. The van der Waals surface area contributed by atoms with E-state index < -0.39 is 11.9 Å². The van der Waals surface area contributed by atoms with E-state index in [0.29, 0.717) is 16.5 Å². The van der Waals surface area contributed by atoms with Gasteiger partial charge in [0, 0.05) is 11.9 Å². The lowest BCUT2D eigenvalue weighted by atomic mass is 10.2. The van der Waals surface area contributed by atoms with Crippen molar-refractivity contribution >= 4 is 64.0 Å². The van der Waals surface area contributed by atoms with Crippen LogP contribution >= 0.6 is 46.4 Å². The first-order chi connectivity index (χ1) is 13.8. The second-order valence-corrected chi connectivity index (χ2v) is 7.23. The monoisotopic (exact) mass is 469 g/mol. The summed E-state index contributed by atoms with van der Waals surface area (Å²) in [5.74, 6) is -0.0927. The minimum atomic E-state index is -0.748. The van der Waals surface area contributed by atoms with Gasteiger partial charge in [0.1, 0.15) is 10.8 Å². The minimum Gasteiger partial charge on any atom is -0.438 e. The molecule has 0 saturated heterocycles. The van der Waals surface area contributed by atoms with E-state index in [1.54, 1.807) is 30.3 Å². The average molecular weight is 471 g/mol. The van der Waals surface area contributed by atoms with Crippen molar-refractivity contribution in [2.24, 2.45) is 0 Å². The van der Waals surface area contributed by atoms with Crippen LogP contribution in [0.15, 0.2) is 54.7 Å². The number of benzene rings is 2. The fourth-order valence-electron chi connectivity index (χ4n) is 2.24. The fraction of sp³-hybridized carbons (Fsp3) is 0. The number of hydrogen-bond donors (Lipinski definition) is 2. The SMILES string of the molecule is O=C(NC(=O)c1c(Cl)cccc1Cl)Nc1ccc(Oc2ncc(Cl)cc2Cl)cc1. The number of pyridine rings is 1. The van der Waals surface area contributed by atoms with Crippen molar-refractivity contribution in [2.45, 2.75) is 0 Å². The molecule has 29 heavy (non-hydrogen) atoms. The zero-order valence-electron chi connectivity index (χ0n) is 14.4. The molecule has 0 spiro atoms. The average Bonchev–Trinajstić information content (AvgIpc) is 2.65. The molecule has 0 aliphatic rings. The summed E-state index contributed by atoms with van der Waals surface area (Å²) >= 11 is 23.7. The van der Waals surface area contributed by atoms with Gasteiger partial charge in [0.2, 0.25) is 5.88 Å². The third kappa shape index (κ3) is 5.52. The number of aromatic nitrogens is 1. The molecular formula is C19H11Cl4N3O3. The van der Waals surface area contributed by atoms with Crippen LogP contribution in [-0.2, 0) is 0 Å². The van der Waals surface area contributed by atoms with Crippen molar-refractivity contribution in [2.75, 3.05) is 5.32 Å². The van der Waals surface area contributed by atoms with E-state index >= 15 is 0 Å².